The molecule has 1 aliphatic carbocycles. The number of hydrogen-bond acceptors (Lipinski definition) is 2. The molecule has 1 saturated carbocycles. The smallest absolute Gasteiger partial charge is 0.393 e. The first-order valence-corrected chi connectivity index (χ1v) is 8.90. The first kappa shape index (κ1) is 19.1. The third-order valence-corrected chi connectivity index (χ3v) is 4.83. The first-order valence-electron chi connectivity index (χ1n) is 8.11. The van der Waals surface area contributed by atoms with Gasteiger partial charge >= 0.3 is 6.18 Å². The maximum atomic E-state index is 13.0. The summed E-state index contributed by atoms with van der Waals surface area (Å²) < 4.78 is 45.4. The number of amides is 1. The van der Waals surface area contributed by atoms with E-state index in [1.165, 1.54) is 0 Å². The number of ether oxygens (including phenoxy) is 1. The Labute approximate surface area is 148 Å². The van der Waals surface area contributed by atoms with Crippen LogP contribution in [-0.4, -0.2) is 24.7 Å². The van der Waals surface area contributed by atoms with Crippen LogP contribution in [0.25, 0.3) is 0 Å². The quantitative estimate of drug-likeness (QED) is 0.684. The highest BCUT2D eigenvalue weighted by Gasteiger charge is 2.45. The van der Waals surface area contributed by atoms with Gasteiger partial charge in [0.1, 0.15) is 5.75 Å². The highest BCUT2D eigenvalue weighted by Crippen LogP contribution is 2.37. The van der Waals surface area contributed by atoms with Gasteiger partial charge in [-0.2, -0.15) is 13.2 Å². The Hall–Kier alpha value is -1.24. The van der Waals surface area contributed by atoms with Crippen molar-refractivity contribution in [2.75, 3.05) is 6.61 Å². The molecule has 1 aliphatic rings. The molecule has 0 aromatic heterocycles. The summed E-state index contributed by atoms with van der Waals surface area (Å²) in [6.45, 7) is 0.337. The molecular formula is C17H21BrF3NO2. The summed E-state index contributed by atoms with van der Waals surface area (Å²) in [5.41, 5.74) is 0. The molecule has 2 rings (SSSR count). The first-order chi connectivity index (χ1) is 11.4. The van der Waals surface area contributed by atoms with Gasteiger partial charge in [-0.25, -0.2) is 0 Å². The van der Waals surface area contributed by atoms with Crippen molar-refractivity contribution in [3.63, 3.8) is 0 Å². The molecule has 2 unspecified atom stereocenters. The Morgan fingerprint density at radius 1 is 1.25 bits per heavy atom. The van der Waals surface area contributed by atoms with E-state index in [1.54, 1.807) is 6.07 Å². The molecule has 0 spiro atoms. The number of nitrogens with one attached hydrogen (secondary N) is 1. The number of hydrogen-bond donors (Lipinski definition) is 1. The van der Waals surface area contributed by atoms with E-state index in [9.17, 15) is 18.0 Å². The fourth-order valence-corrected chi connectivity index (χ4v) is 3.35. The molecule has 1 aromatic rings. The summed E-state index contributed by atoms with van der Waals surface area (Å²) >= 11 is 3.36. The number of carbonyl (C=O) groups is 1. The highest BCUT2D eigenvalue weighted by atomic mass is 79.9. The molecule has 134 valence electrons. The zero-order valence-electron chi connectivity index (χ0n) is 13.2. The summed E-state index contributed by atoms with van der Waals surface area (Å²) in [5.74, 6) is -1.08. The van der Waals surface area contributed by atoms with Crippen LogP contribution in [0, 0.1) is 5.92 Å². The van der Waals surface area contributed by atoms with Gasteiger partial charge < -0.3 is 10.1 Å². The maximum Gasteiger partial charge on any atom is 0.393 e. The second kappa shape index (κ2) is 8.74. The van der Waals surface area contributed by atoms with E-state index >= 15 is 0 Å². The standard InChI is InChI=1S/C17H21BrF3NO2/c18-13-7-2-4-9-15(13)24-11-5-10-16(23)22-14-8-3-1-6-12(14)17(19,20)21/h2,4,7,9,12,14H,1,3,5-6,8,10-11H2,(H,22,23). The Balaban J connectivity index is 1.73. The topological polar surface area (TPSA) is 38.3 Å². The van der Waals surface area contributed by atoms with Crippen molar-refractivity contribution in [2.45, 2.75) is 50.7 Å². The average molecular weight is 408 g/mol. The summed E-state index contributed by atoms with van der Waals surface area (Å²) in [7, 11) is 0. The van der Waals surface area contributed by atoms with Crippen molar-refractivity contribution in [3.05, 3.63) is 28.7 Å². The number of alkyl halides is 3. The lowest BCUT2D eigenvalue weighted by Gasteiger charge is -2.33. The summed E-state index contributed by atoms with van der Waals surface area (Å²) in [6, 6.07) is 6.57. The van der Waals surface area contributed by atoms with E-state index in [1.807, 2.05) is 18.2 Å². The molecule has 0 bridgehead atoms. The lowest BCUT2D eigenvalue weighted by molar-refractivity contribution is -0.189. The van der Waals surface area contributed by atoms with Gasteiger partial charge in [0.05, 0.1) is 17.0 Å². The van der Waals surface area contributed by atoms with E-state index in [0.717, 1.165) is 10.9 Å². The van der Waals surface area contributed by atoms with Gasteiger partial charge in [-0.05, 0) is 47.3 Å². The molecule has 1 N–H and O–H groups in total. The van der Waals surface area contributed by atoms with Crippen molar-refractivity contribution >= 4 is 21.8 Å². The van der Waals surface area contributed by atoms with E-state index in [2.05, 4.69) is 21.2 Å². The van der Waals surface area contributed by atoms with Crippen LogP contribution < -0.4 is 10.1 Å². The van der Waals surface area contributed by atoms with Crippen molar-refractivity contribution in [1.29, 1.82) is 0 Å². The monoisotopic (exact) mass is 407 g/mol. The molecule has 1 fully saturated rings. The molecule has 3 nitrogen and oxygen atoms in total. The third kappa shape index (κ3) is 5.69. The van der Waals surface area contributed by atoms with Crippen LogP contribution in [0.1, 0.15) is 38.5 Å². The largest absolute Gasteiger partial charge is 0.492 e. The van der Waals surface area contributed by atoms with Crippen LogP contribution in [0.15, 0.2) is 28.7 Å². The van der Waals surface area contributed by atoms with Crippen LogP contribution in [0.2, 0.25) is 0 Å². The van der Waals surface area contributed by atoms with Gasteiger partial charge in [0.25, 0.3) is 0 Å². The summed E-state index contributed by atoms with van der Waals surface area (Å²) in [5, 5.41) is 2.56. The zero-order valence-corrected chi connectivity index (χ0v) is 14.8. The highest BCUT2D eigenvalue weighted by molar-refractivity contribution is 9.10. The van der Waals surface area contributed by atoms with Crippen molar-refractivity contribution < 1.29 is 22.7 Å². The molecule has 24 heavy (non-hydrogen) atoms. The minimum atomic E-state index is -4.25. The molecule has 0 aliphatic heterocycles. The minimum absolute atomic E-state index is 0.0968. The van der Waals surface area contributed by atoms with E-state index in [-0.39, 0.29) is 18.7 Å². The predicted molar refractivity (Wildman–Crippen MR) is 88.8 cm³/mol. The summed E-state index contributed by atoms with van der Waals surface area (Å²) in [4.78, 5) is 11.9. The Morgan fingerprint density at radius 3 is 2.67 bits per heavy atom. The van der Waals surface area contributed by atoms with Crippen LogP contribution in [0.4, 0.5) is 13.2 Å². The van der Waals surface area contributed by atoms with E-state index in [4.69, 9.17) is 4.74 Å². The number of benzene rings is 1. The van der Waals surface area contributed by atoms with Crippen molar-refractivity contribution in [3.8, 4) is 5.75 Å². The van der Waals surface area contributed by atoms with Gasteiger partial charge in [0.15, 0.2) is 0 Å². The summed E-state index contributed by atoms with van der Waals surface area (Å²) in [6.07, 6.45) is -1.86. The van der Waals surface area contributed by atoms with Gasteiger partial charge in [-0.15, -0.1) is 0 Å². The molecule has 0 radical (unpaired) electrons. The van der Waals surface area contributed by atoms with Crippen LogP contribution in [-0.2, 0) is 4.79 Å². The molecule has 1 aromatic carbocycles. The maximum absolute atomic E-state index is 13.0. The number of carbonyl (C=O) groups excluding carboxylic acids is 1. The molecule has 2 atom stereocenters. The fourth-order valence-electron chi connectivity index (χ4n) is 2.95. The number of para-hydroxylation sites is 1. The van der Waals surface area contributed by atoms with Crippen LogP contribution >= 0.6 is 15.9 Å². The predicted octanol–water partition coefficient (Wildman–Crippen LogP) is 4.85. The van der Waals surface area contributed by atoms with Gasteiger partial charge in [-0.3, -0.25) is 4.79 Å². The lowest BCUT2D eigenvalue weighted by Crippen LogP contribution is -2.47. The van der Waals surface area contributed by atoms with Crippen molar-refractivity contribution in [1.82, 2.24) is 5.32 Å². The minimum Gasteiger partial charge on any atom is -0.492 e. The van der Waals surface area contributed by atoms with E-state index < -0.39 is 18.1 Å². The average Bonchev–Trinajstić information content (AvgIpc) is 2.52. The van der Waals surface area contributed by atoms with Crippen molar-refractivity contribution in [2.24, 2.45) is 5.92 Å². The molecule has 7 heteroatoms. The third-order valence-electron chi connectivity index (χ3n) is 4.18. The zero-order chi connectivity index (χ0) is 17.6. The van der Waals surface area contributed by atoms with E-state index in [0.29, 0.717) is 31.6 Å². The molecular weight excluding hydrogens is 387 g/mol. The Morgan fingerprint density at radius 2 is 1.96 bits per heavy atom. The Bertz CT molecular complexity index is 551. The van der Waals surface area contributed by atoms with Gasteiger partial charge in [-0.1, -0.05) is 25.0 Å². The number of halogens is 4. The van der Waals surface area contributed by atoms with Gasteiger partial charge in [0.2, 0.25) is 5.91 Å². The van der Waals surface area contributed by atoms with Gasteiger partial charge in [0, 0.05) is 12.5 Å². The number of rotatable bonds is 6. The second-order valence-corrected chi connectivity index (χ2v) is 6.84. The second-order valence-electron chi connectivity index (χ2n) is 5.99. The molecule has 1 amide bonds. The normalized spacial score (nSPS) is 21.3. The molecule has 0 saturated heterocycles. The fraction of sp³-hybridized carbons (Fsp3) is 0.588. The Kier molecular flexibility index (Phi) is 6.95. The lowest BCUT2D eigenvalue weighted by atomic mass is 9.84. The van der Waals surface area contributed by atoms with Crippen LogP contribution in [0.5, 0.6) is 5.75 Å². The SMILES string of the molecule is O=C(CCCOc1ccccc1Br)NC1CCCCC1C(F)(F)F. The van der Waals surface area contributed by atoms with Crippen LogP contribution in [0.3, 0.4) is 0 Å². The molecule has 0 heterocycles.